The zero-order valence-electron chi connectivity index (χ0n) is 16.6. The second-order valence-electron chi connectivity index (χ2n) is 6.94. The number of carbonyl (C=O) groups is 1. The third-order valence-electron chi connectivity index (χ3n) is 5.29. The van der Waals surface area contributed by atoms with E-state index in [9.17, 15) is 9.90 Å². The number of benzene rings is 2. The fraction of sp³-hybridized carbons (Fsp3) is 0.409. The van der Waals surface area contributed by atoms with Crippen LogP contribution in [0.4, 0.5) is 0 Å². The van der Waals surface area contributed by atoms with Gasteiger partial charge in [0.25, 0.3) is 0 Å². The Labute approximate surface area is 165 Å². The first kappa shape index (κ1) is 20.0. The molecular weight excluding hydrogens is 358 g/mol. The largest absolute Gasteiger partial charge is 0.493 e. The lowest BCUT2D eigenvalue weighted by molar-refractivity contribution is -0.143. The van der Waals surface area contributed by atoms with Gasteiger partial charge >= 0.3 is 5.97 Å². The van der Waals surface area contributed by atoms with Gasteiger partial charge in [0, 0.05) is 6.54 Å². The normalized spacial score (nSPS) is 18.3. The molecule has 0 radical (unpaired) electrons. The number of hydrogen-bond acceptors (Lipinski definition) is 5. The van der Waals surface area contributed by atoms with E-state index in [1.54, 1.807) is 21.3 Å². The molecule has 2 atom stereocenters. The zero-order valence-corrected chi connectivity index (χ0v) is 16.6. The molecule has 150 valence electrons. The predicted molar refractivity (Wildman–Crippen MR) is 106 cm³/mol. The molecular formula is C22H27NO5. The van der Waals surface area contributed by atoms with Gasteiger partial charge in [0.2, 0.25) is 5.75 Å². The smallest absolute Gasteiger partial charge is 0.307 e. The summed E-state index contributed by atoms with van der Waals surface area (Å²) in [6, 6.07) is 13.9. The number of hydrogen-bond donors (Lipinski definition) is 1. The van der Waals surface area contributed by atoms with Crippen LogP contribution in [-0.4, -0.2) is 50.4 Å². The van der Waals surface area contributed by atoms with Crippen LogP contribution in [0.3, 0.4) is 0 Å². The van der Waals surface area contributed by atoms with E-state index in [-0.39, 0.29) is 12.0 Å². The number of ether oxygens (including phenoxy) is 3. The molecule has 0 aromatic heterocycles. The van der Waals surface area contributed by atoms with E-state index in [0.717, 1.165) is 24.1 Å². The van der Waals surface area contributed by atoms with Crippen molar-refractivity contribution in [3.63, 3.8) is 0 Å². The number of carboxylic acid groups (broad SMARTS) is 1. The number of aliphatic carboxylic acids is 1. The summed E-state index contributed by atoms with van der Waals surface area (Å²) in [7, 11) is 4.77. The maximum absolute atomic E-state index is 11.6. The Morgan fingerprint density at radius 1 is 1.04 bits per heavy atom. The molecule has 3 rings (SSSR count). The van der Waals surface area contributed by atoms with Crippen molar-refractivity contribution in [2.24, 2.45) is 5.92 Å². The highest BCUT2D eigenvalue weighted by Gasteiger charge is 2.32. The van der Waals surface area contributed by atoms with E-state index >= 15 is 0 Å². The van der Waals surface area contributed by atoms with Crippen LogP contribution in [0.5, 0.6) is 17.2 Å². The monoisotopic (exact) mass is 385 g/mol. The third-order valence-corrected chi connectivity index (χ3v) is 5.29. The van der Waals surface area contributed by atoms with Crippen molar-refractivity contribution < 1.29 is 24.1 Å². The Morgan fingerprint density at radius 3 is 2.21 bits per heavy atom. The standard InChI is InChI=1S/C22H27NO5/c1-26-18-12-17(13-19(27-2)21(18)28-3)20(15-8-5-4-6-9-15)23-11-7-10-16(14-23)22(24)25/h4-6,8-9,12-13,16,20H,7,10-11,14H2,1-3H3,(H,24,25). The van der Waals surface area contributed by atoms with Gasteiger partial charge in [-0.1, -0.05) is 30.3 Å². The zero-order chi connectivity index (χ0) is 20.1. The fourth-order valence-electron chi connectivity index (χ4n) is 3.95. The van der Waals surface area contributed by atoms with Crippen molar-refractivity contribution in [1.82, 2.24) is 4.90 Å². The molecule has 1 heterocycles. The summed E-state index contributed by atoms with van der Waals surface area (Å²) in [4.78, 5) is 13.8. The fourth-order valence-corrected chi connectivity index (χ4v) is 3.95. The summed E-state index contributed by atoms with van der Waals surface area (Å²) in [5.74, 6) is 0.625. The molecule has 6 heteroatoms. The van der Waals surface area contributed by atoms with Gasteiger partial charge in [-0.15, -0.1) is 0 Å². The molecule has 1 aliphatic heterocycles. The van der Waals surface area contributed by atoms with Gasteiger partial charge < -0.3 is 19.3 Å². The van der Waals surface area contributed by atoms with Crippen molar-refractivity contribution in [1.29, 1.82) is 0 Å². The molecule has 0 saturated carbocycles. The Bertz CT molecular complexity index is 783. The first-order valence-corrected chi connectivity index (χ1v) is 9.40. The lowest BCUT2D eigenvalue weighted by atomic mass is 9.91. The van der Waals surface area contributed by atoms with Gasteiger partial charge in [0.1, 0.15) is 0 Å². The van der Waals surface area contributed by atoms with Gasteiger partial charge in [-0.25, -0.2) is 0 Å². The number of carboxylic acids is 1. The molecule has 1 N–H and O–H groups in total. The maximum atomic E-state index is 11.6. The molecule has 2 aromatic rings. The Balaban J connectivity index is 2.09. The lowest BCUT2D eigenvalue weighted by Gasteiger charge is -2.38. The summed E-state index contributed by atoms with van der Waals surface area (Å²) >= 11 is 0. The van der Waals surface area contributed by atoms with Crippen molar-refractivity contribution in [3.8, 4) is 17.2 Å². The molecule has 0 spiro atoms. The van der Waals surface area contributed by atoms with Crippen LogP contribution in [-0.2, 0) is 4.79 Å². The van der Waals surface area contributed by atoms with Crippen molar-refractivity contribution in [3.05, 3.63) is 53.6 Å². The highest BCUT2D eigenvalue weighted by Crippen LogP contribution is 2.42. The molecule has 0 amide bonds. The van der Waals surface area contributed by atoms with Gasteiger partial charge in [0.05, 0.1) is 33.3 Å². The first-order chi connectivity index (χ1) is 13.6. The average molecular weight is 385 g/mol. The van der Waals surface area contributed by atoms with Crippen molar-refractivity contribution in [2.45, 2.75) is 18.9 Å². The van der Waals surface area contributed by atoms with Crippen LogP contribution in [0.25, 0.3) is 0 Å². The van der Waals surface area contributed by atoms with Crippen LogP contribution in [0.15, 0.2) is 42.5 Å². The number of likely N-dealkylation sites (tertiary alicyclic amines) is 1. The molecule has 28 heavy (non-hydrogen) atoms. The van der Waals surface area contributed by atoms with Crippen LogP contribution >= 0.6 is 0 Å². The van der Waals surface area contributed by atoms with Crippen LogP contribution in [0, 0.1) is 5.92 Å². The van der Waals surface area contributed by atoms with Crippen LogP contribution in [0.2, 0.25) is 0 Å². The average Bonchev–Trinajstić information content (AvgIpc) is 2.74. The molecule has 6 nitrogen and oxygen atoms in total. The minimum atomic E-state index is -0.735. The number of rotatable bonds is 7. The van der Waals surface area contributed by atoms with Gasteiger partial charge in [0.15, 0.2) is 11.5 Å². The highest BCUT2D eigenvalue weighted by atomic mass is 16.5. The Kier molecular flexibility index (Phi) is 6.41. The second-order valence-corrected chi connectivity index (χ2v) is 6.94. The minimum Gasteiger partial charge on any atom is -0.493 e. The number of piperidine rings is 1. The van der Waals surface area contributed by atoms with E-state index in [1.165, 1.54) is 0 Å². The maximum Gasteiger partial charge on any atom is 0.307 e. The third kappa shape index (κ3) is 4.07. The Hall–Kier alpha value is -2.73. The number of nitrogens with zero attached hydrogens (tertiary/aromatic N) is 1. The van der Waals surface area contributed by atoms with Crippen molar-refractivity contribution in [2.75, 3.05) is 34.4 Å². The second kappa shape index (κ2) is 8.97. The van der Waals surface area contributed by atoms with E-state index < -0.39 is 5.97 Å². The van der Waals surface area contributed by atoms with E-state index in [4.69, 9.17) is 14.2 Å². The topological polar surface area (TPSA) is 68.2 Å². The summed E-state index contributed by atoms with van der Waals surface area (Å²) in [6.07, 6.45) is 1.56. The molecule has 1 fully saturated rings. The SMILES string of the molecule is COc1cc(C(c2ccccc2)N2CCCC(C(=O)O)C2)cc(OC)c1OC. The molecule has 1 saturated heterocycles. The molecule has 2 aromatic carbocycles. The molecule has 1 aliphatic rings. The van der Waals surface area contributed by atoms with E-state index in [1.807, 2.05) is 30.3 Å². The Morgan fingerprint density at radius 2 is 1.68 bits per heavy atom. The van der Waals surface area contributed by atoms with Crippen LogP contribution in [0.1, 0.15) is 30.0 Å². The predicted octanol–water partition coefficient (Wildman–Crippen LogP) is 3.60. The molecule has 0 bridgehead atoms. The van der Waals surface area contributed by atoms with Crippen molar-refractivity contribution >= 4 is 5.97 Å². The van der Waals surface area contributed by atoms with Crippen LogP contribution < -0.4 is 14.2 Å². The molecule has 2 unspecified atom stereocenters. The molecule has 0 aliphatic carbocycles. The van der Waals surface area contributed by atoms with Gasteiger partial charge in [-0.3, -0.25) is 9.69 Å². The quantitative estimate of drug-likeness (QED) is 0.785. The minimum absolute atomic E-state index is 0.0999. The van der Waals surface area contributed by atoms with Gasteiger partial charge in [-0.2, -0.15) is 0 Å². The highest BCUT2D eigenvalue weighted by molar-refractivity contribution is 5.70. The summed E-state index contributed by atoms with van der Waals surface area (Å²) < 4.78 is 16.5. The summed E-state index contributed by atoms with van der Waals surface area (Å²) in [6.45, 7) is 1.34. The van der Waals surface area contributed by atoms with Gasteiger partial charge in [-0.05, 0) is 42.6 Å². The lowest BCUT2D eigenvalue weighted by Crippen LogP contribution is -2.41. The number of methoxy groups -OCH3 is 3. The summed E-state index contributed by atoms with van der Waals surface area (Å²) in [5, 5.41) is 9.53. The first-order valence-electron chi connectivity index (χ1n) is 9.40. The van der Waals surface area contributed by atoms with E-state index in [0.29, 0.717) is 30.2 Å². The summed E-state index contributed by atoms with van der Waals surface area (Å²) in [5.41, 5.74) is 2.08. The van der Waals surface area contributed by atoms with E-state index in [2.05, 4.69) is 17.0 Å².